The first-order valence-electron chi connectivity index (χ1n) is 9.60. The Kier molecular flexibility index (Phi) is 5.29. The highest BCUT2D eigenvalue weighted by Crippen LogP contribution is 2.25. The zero-order valence-electron chi connectivity index (χ0n) is 16.2. The SMILES string of the molecule is COc1ccc2cc(/C=C/C(=O)Nc3cccc(N4CCCC4=O)c3)ccc2c1. The van der Waals surface area contributed by atoms with Crippen LogP contribution >= 0.6 is 0 Å². The van der Waals surface area contributed by atoms with Crippen molar-refractivity contribution in [1.29, 1.82) is 0 Å². The maximum atomic E-state index is 12.3. The third-order valence-corrected chi connectivity index (χ3v) is 5.00. The molecule has 5 heteroatoms. The van der Waals surface area contributed by atoms with Gasteiger partial charge in [0.15, 0.2) is 0 Å². The summed E-state index contributed by atoms with van der Waals surface area (Å²) in [7, 11) is 1.65. The predicted octanol–water partition coefficient (Wildman–Crippen LogP) is 4.63. The molecule has 0 atom stereocenters. The number of amides is 2. The Morgan fingerprint density at radius 2 is 1.90 bits per heavy atom. The summed E-state index contributed by atoms with van der Waals surface area (Å²) in [6.45, 7) is 0.726. The Morgan fingerprint density at radius 3 is 2.69 bits per heavy atom. The fourth-order valence-corrected chi connectivity index (χ4v) is 3.50. The van der Waals surface area contributed by atoms with E-state index in [2.05, 4.69) is 5.32 Å². The summed E-state index contributed by atoms with van der Waals surface area (Å²) in [5.74, 6) is 0.727. The average molecular weight is 386 g/mol. The van der Waals surface area contributed by atoms with Crippen LogP contribution in [0.4, 0.5) is 11.4 Å². The molecular weight excluding hydrogens is 364 g/mol. The summed E-state index contributed by atoms with van der Waals surface area (Å²) in [6, 6.07) is 19.3. The number of ether oxygens (including phenoxy) is 1. The number of fused-ring (bicyclic) bond motifs is 1. The Morgan fingerprint density at radius 1 is 1.07 bits per heavy atom. The Bertz CT molecular complexity index is 1100. The topological polar surface area (TPSA) is 58.6 Å². The molecule has 0 saturated carbocycles. The standard InChI is InChI=1S/C24H22N2O3/c1-29-22-11-10-18-14-17(7-9-19(18)15-22)8-12-23(27)25-20-4-2-5-21(16-20)26-13-3-6-24(26)28/h2,4-5,7-12,14-16H,3,6,13H2,1H3,(H,25,27)/b12-8+. The van der Waals surface area contributed by atoms with E-state index < -0.39 is 0 Å². The zero-order valence-corrected chi connectivity index (χ0v) is 16.2. The minimum Gasteiger partial charge on any atom is -0.497 e. The minimum absolute atomic E-state index is 0.127. The highest BCUT2D eigenvalue weighted by Gasteiger charge is 2.21. The highest BCUT2D eigenvalue weighted by atomic mass is 16.5. The molecule has 2 amide bonds. The number of methoxy groups -OCH3 is 1. The number of benzene rings is 3. The molecule has 0 bridgehead atoms. The van der Waals surface area contributed by atoms with Crippen molar-refractivity contribution in [1.82, 2.24) is 0 Å². The largest absolute Gasteiger partial charge is 0.497 e. The van der Waals surface area contributed by atoms with Crippen molar-refractivity contribution >= 4 is 40.0 Å². The molecule has 0 unspecified atom stereocenters. The second kappa shape index (κ2) is 8.19. The van der Waals surface area contributed by atoms with Crippen LogP contribution in [0.15, 0.2) is 66.7 Å². The van der Waals surface area contributed by atoms with Crippen molar-refractivity contribution in [2.45, 2.75) is 12.8 Å². The Hall–Kier alpha value is -3.60. The summed E-state index contributed by atoms with van der Waals surface area (Å²) < 4.78 is 5.25. The van der Waals surface area contributed by atoms with Crippen molar-refractivity contribution in [3.63, 3.8) is 0 Å². The lowest BCUT2D eigenvalue weighted by molar-refractivity contribution is -0.117. The second-order valence-electron chi connectivity index (χ2n) is 6.99. The van der Waals surface area contributed by atoms with Crippen LogP contribution in [0.2, 0.25) is 0 Å². The monoisotopic (exact) mass is 386 g/mol. The Labute approximate surface area is 169 Å². The van der Waals surface area contributed by atoms with Crippen LogP contribution in [0.1, 0.15) is 18.4 Å². The number of rotatable bonds is 5. The van der Waals surface area contributed by atoms with Crippen LogP contribution in [0.25, 0.3) is 16.8 Å². The van der Waals surface area contributed by atoms with Gasteiger partial charge in [0.25, 0.3) is 0 Å². The van der Waals surface area contributed by atoms with Crippen molar-refractivity contribution in [2.24, 2.45) is 0 Å². The maximum absolute atomic E-state index is 12.3. The summed E-state index contributed by atoms with van der Waals surface area (Å²) in [6.07, 6.45) is 4.75. The molecule has 1 heterocycles. The molecule has 0 spiro atoms. The van der Waals surface area contributed by atoms with Crippen molar-refractivity contribution < 1.29 is 14.3 Å². The molecule has 1 fully saturated rings. The van der Waals surface area contributed by atoms with E-state index in [-0.39, 0.29) is 11.8 Å². The van der Waals surface area contributed by atoms with Gasteiger partial charge in [0.2, 0.25) is 11.8 Å². The van der Waals surface area contributed by atoms with E-state index in [0.29, 0.717) is 12.1 Å². The van der Waals surface area contributed by atoms with Gasteiger partial charge in [0, 0.05) is 30.4 Å². The van der Waals surface area contributed by atoms with E-state index in [1.807, 2.05) is 60.7 Å². The van der Waals surface area contributed by atoms with E-state index in [1.165, 1.54) is 6.08 Å². The number of carbonyl (C=O) groups excluding carboxylic acids is 2. The lowest BCUT2D eigenvalue weighted by Gasteiger charge is -2.16. The third kappa shape index (κ3) is 4.29. The molecule has 0 radical (unpaired) electrons. The molecule has 5 nitrogen and oxygen atoms in total. The van der Waals surface area contributed by atoms with Crippen molar-refractivity contribution in [2.75, 3.05) is 23.9 Å². The summed E-state index contributed by atoms with van der Waals surface area (Å²) >= 11 is 0. The van der Waals surface area contributed by atoms with Crippen LogP contribution in [0, 0.1) is 0 Å². The van der Waals surface area contributed by atoms with Gasteiger partial charge in [0.1, 0.15) is 5.75 Å². The maximum Gasteiger partial charge on any atom is 0.248 e. The van der Waals surface area contributed by atoms with Crippen LogP contribution in [0.3, 0.4) is 0 Å². The third-order valence-electron chi connectivity index (χ3n) is 5.00. The van der Waals surface area contributed by atoms with Gasteiger partial charge in [-0.15, -0.1) is 0 Å². The number of hydrogen-bond acceptors (Lipinski definition) is 3. The number of nitrogens with one attached hydrogen (secondary N) is 1. The predicted molar refractivity (Wildman–Crippen MR) is 116 cm³/mol. The first-order valence-corrected chi connectivity index (χ1v) is 9.60. The van der Waals surface area contributed by atoms with E-state index >= 15 is 0 Å². The average Bonchev–Trinajstić information content (AvgIpc) is 3.18. The smallest absolute Gasteiger partial charge is 0.248 e. The molecule has 1 saturated heterocycles. The molecule has 4 rings (SSSR count). The molecule has 3 aromatic carbocycles. The first-order chi connectivity index (χ1) is 14.1. The van der Waals surface area contributed by atoms with Crippen molar-refractivity contribution in [3.05, 3.63) is 72.3 Å². The van der Waals surface area contributed by atoms with Gasteiger partial charge in [-0.2, -0.15) is 0 Å². The summed E-state index contributed by atoms with van der Waals surface area (Å²) in [4.78, 5) is 26.0. The van der Waals surface area contributed by atoms with E-state index in [9.17, 15) is 9.59 Å². The van der Waals surface area contributed by atoms with Gasteiger partial charge >= 0.3 is 0 Å². The van der Waals surface area contributed by atoms with Gasteiger partial charge in [-0.05, 0) is 65.2 Å². The van der Waals surface area contributed by atoms with Gasteiger partial charge in [-0.1, -0.05) is 24.3 Å². The number of anilines is 2. The number of hydrogen-bond donors (Lipinski definition) is 1. The lowest BCUT2D eigenvalue weighted by Crippen LogP contribution is -2.23. The summed E-state index contributed by atoms with van der Waals surface area (Å²) in [5, 5.41) is 5.03. The molecule has 29 heavy (non-hydrogen) atoms. The normalized spacial score (nSPS) is 14.0. The van der Waals surface area contributed by atoms with Crippen LogP contribution in [-0.2, 0) is 9.59 Å². The lowest BCUT2D eigenvalue weighted by atomic mass is 10.1. The fraction of sp³-hybridized carbons (Fsp3) is 0.167. The molecule has 146 valence electrons. The van der Waals surface area contributed by atoms with Crippen LogP contribution in [-0.4, -0.2) is 25.5 Å². The van der Waals surface area contributed by atoms with Gasteiger partial charge < -0.3 is 15.0 Å². The molecule has 3 aromatic rings. The molecule has 1 aliphatic rings. The number of nitrogens with zero attached hydrogens (tertiary/aromatic N) is 1. The molecular formula is C24H22N2O3. The fourth-order valence-electron chi connectivity index (χ4n) is 3.50. The van der Waals surface area contributed by atoms with Crippen molar-refractivity contribution in [3.8, 4) is 5.75 Å². The molecule has 0 aromatic heterocycles. The quantitative estimate of drug-likeness (QED) is 0.651. The van der Waals surface area contributed by atoms with E-state index in [0.717, 1.165) is 40.7 Å². The molecule has 1 N–H and O–H groups in total. The zero-order chi connectivity index (χ0) is 20.2. The molecule has 1 aliphatic heterocycles. The summed E-state index contributed by atoms with van der Waals surface area (Å²) in [5.41, 5.74) is 2.43. The highest BCUT2D eigenvalue weighted by molar-refractivity contribution is 6.03. The van der Waals surface area contributed by atoms with E-state index in [4.69, 9.17) is 4.74 Å². The van der Waals surface area contributed by atoms with E-state index in [1.54, 1.807) is 18.1 Å². The van der Waals surface area contributed by atoms with Crippen LogP contribution in [0.5, 0.6) is 5.75 Å². The first kappa shape index (κ1) is 18.7. The molecule has 0 aliphatic carbocycles. The van der Waals surface area contributed by atoms with Gasteiger partial charge in [0.05, 0.1) is 7.11 Å². The van der Waals surface area contributed by atoms with Gasteiger partial charge in [-0.3, -0.25) is 9.59 Å². The Balaban J connectivity index is 1.45. The van der Waals surface area contributed by atoms with Gasteiger partial charge in [-0.25, -0.2) is 0 Å². The second-order valence-corrected chi connectivity index (χ2v) is 6.99. The van der Waals surface area contributed by atoms with Crippen LogP contribution < -0.4 is 15.0 Å². The minimum atomic E-state index is -0.218. The number of carbonyl (C=O) groups is 2.